The third-order valence-electron chi connectivity index (χ3n) is 2.96. The monoisotopic (exact) mass is 253 g/mol. The second-order valence-corrected chi connectivity index (χ2v) is 4.89. The molecule has 1 aliphatic carbocycles. The third-order valence-corrected chi connectivity index (χ3v) is 3.68. The largest absolute Gasteiger partial charge is 0.307 e. The molecule has 0 heterocycles. The summed E-state index contributed by atoms with van der Waals surface area (Å²) in [6.07, 6.45) is 4.07. The van der Waals surface area contributed by atoms with Gasteiger partial charge in [-0.15, -0.1) is 0 Å². The summed E-state index contributed by atoms with van der Waals surface area (Å²) in [5, 5.41) is 3.64. The van der Waals surface area contributed by atoms with Gasteiger partial charge in [-0.3, -0.25) is 0 Å². The fraction of sp³-hybridized carbons (Fsp3) is 0.500. The molecule has 76 valence electrons. The maximum atomic E-state index is 3.64. The predicted molar refractivity (Wildman–Crippen MR) is 63.3 cm³/mol. The van der Waals surface area contributed by atoms with Crippen molar-refractivity contribution >= 4 is 15.9 Å². The molecule has 1 nitrogen and oxygen atoms in total. The van der Waals surface area contributed by atoms with Gasteiger partial charge >= 0.3 is 0 Å². The SMILES string of the molecule is C[C@H](NC1CCC1)c1ccccc1Br. The van der Waals surface area contributed by atoms with Crippen LogP contribution in [0, 0.1) is 0 Å². The van der Waals surface area contributed by atoms with Crippen LogP contribution in [0.1, 0.15) is 37.8 Å². The van der Waals surface area contributed by atoms with Gasteiger partial charge in [-0.25, -0.2) is 0 Å². The maximum Gasteiger partial charge on any atom is 0.0305 e. The lowest BCUT2D eigenvalue weighted by atomic mass is 9.92. The first kappa shape index (κ1) is 10.2. The Hall–Kier alpha value is -0.340. The molecule has 0 unspecified atom stereocenters. The molecule has 0 saturated heterocycles. The summed E-state index contributed by atoms with van der Waals surface area (Å²) in [5.41, 5.74) is 1.36. The van der Waals surface area contributed by atoms with Gasteiger partial charge < -0.3 is 5.32 Å². The van der Waals surface area contributed by atoms with E-state index in [1.807, 2.05) is 0 Å². The molecule has 1 saturated carbocycles. The average Bonchev–Trinajstić information content (AvgIpc) is 2.12. The zero-order chi connectivity index (χ0) is 9.97. The van der Waals surface area contributed by atoms with Crippen LogP contribution in [0.3, 0.4) is 0 Å². The van der Waals surface area contributed by atoms with Crippen LogP contribution in [0.5, 0.6) is 0 Å². The van der Waals surface area contributed by atoms with Gasteiger partial charge in [0.2, 0.25) is 0 Å². The van der Waals surface area contributed by atoms with Crippen molar-refractivity contribution in [1.29, 1.82) is 0 Å². The quantitative estimate of drug-likeness (QED) is 0.868. The number of hydrogen-bond acceptors (Lipinski definition) is 1. The van der Waals surface area contributed by atoms with Gasteiger partial charge in [-0.2, -0.15) is 0 Å². The topological polar surface area (TPSA) is 12.0 Å². The van der Waals surface area contributed by atoms with Crippen molar-refractivity contribution in [3.63, 3.8) is 0 Å². The standard InChI is InChI=1S/C12H16BrN/c1-9(14-10-5-4-6-10)11-7-2-3-8-12(11)13/h2-3,7-10,14H,4-6H2,1H3/t9-/m0/s1. The highest BCUT2D eigenvalue weighted by molar-refractivity contribution is 9.10. The Morgan fingerprint density at radius 3 is 2.64 bits per heavy atom. The molecular weight excluding hydrogens is 238 g/mol. The normalized spacial score (nSPS) is 19.0. The summed E-state index contributed by atoms with van der Waals surface area (Å²) in [7, 11) is 0. The maximum absolute atomic E-state index is 3.64. The van der Waals surface area contributed by atoms with Crippen molar-refractivity contribution in [1.82, 2.24) is 5.32 Å². The molecule has 0 bridgehead atoms. The first-order chi connectivity index (χ1) is 6.77. The number of rotatable bonds is 3. The van der Waals surface area contributed by atoms with Crippen LogP contribution in [-0.2, 0) is 0 Å². The van der Waals surface area contributed by atoms with Gasteiger partial charge in [0.25, 0.3) is 0 Å². The molecule has 0 amide bonds. The predicted octanol–water partition coefficient (Wildman–Crippen LogP) is 3.65. The Morgan fingerprint density at radius 2 is 2.07 bits per heavy atom. The van der Waals surface area contributed by atoms with Crippen LogP contribution < -0.4 is 5.32 Å². The second-order valence-electron chi connectivity index (χ2n) is 4.04. The van der Waals surface area contributed by atoms with E-state index in [0.29, 0.717) is 6.04 Å². The Bertz CT molecular complexity index is 307. The highest BCUT2D eigenvalue weighted by Gasteiger charge is 2.20. The van der Waals surface area contributed by atoms with Crippen molar-refractivity contribution < 1.29 is 0 Å². The Balaban J connectivity index is 2.02. The van der Waals surface area contributed by atoms with Crippen LogP contribution in [0.4, 0.5) is 0 Å². The van der Waals surface area contributed by atoms with Crippen LogP contribution in [-0.4, -0.2) is 6.04 Å². The van der Waals surface area contributed by atoms with Crippen molar-refractivity contribution in [2.75, 3.05) is 0 Å². The van der Waals surface area contributed by atoms with Crippen molar-refractivity contribution in [2.45, 2.75) is 38.3 Å². The first-order valence-corrected chi connectivity index (χ1v) is 6.07. The fourth-order valence-electron chi connectivity index (χ4n) is 1.84. The van der Waals surface area contributed by atoms with E-state index in [2.05, 4.69) is 52.4 Å². The molecule has 0 aromatic heterocycles. The lowest BCUT2D eigenvalue weighted by Crippen LogP contribution is -2.36. The van der Waals surface area contributed by atoms with E-state index in [4.69, 9.17) is 0 Å². The van der Waals surface area contributed by atoms with Gasteiger partial charge in [-0.1, -0.05) is 40.5 Å². The van der Waals surface area contributed by atoms with E-state index >= 15 is 0 Å². The lowest BCUT2D eigenvalue weighted by molar-refractivity contribution is 0.313. The molecule has 1 N–H and O–H groups in total. The first-order valence-electron chi connectivity index (χ1n) is 5.28. The summed E-state index contributed by atoms with van der Waals surface area (Å²) < 4.78 is 1.21. The summed E-state index contributed by atoms with van der Waals surface area (Å²) in [4.78, 5) is 0. The second kappa shape index (κ2) is 4.45. The van der Waals surface area contributed by atoms with Crippen LogP contribution in [0.25, 0.3) is 0 Å². The van der Waals surface area contributed by atoms with E-state index in [9.17, 15) is 0 Å². The number of nitrogens with one attached hydrogen (secondary N) is 1. The molecule has 1 atom stereocenters. The number of hydrogen-bond donors (Lipinski definition) is 1. The minimum Gasteiger partial charge on any atom is -0.307 e. The summed E-state index contributed by atoms with van der Waals surface area (Å²) in [5.74, 6) is 0. The molecule has 0 spiro atoms. The molecule has 0 radical (unpaired) electrons. The van der Waals surface area contributed by atoms with E-state index < -0.39 is 0 Å². The summed E-state index contributed by atoms with van der Waals surface area (Å²) >= 11 is 3.59. The zero-order valence-corrected chi connectivity index (χ0v) is 10.0. The van der Waals surface area contributed by atoms with Crippen LogP contribution in [0.2, 0.25) is 0 Å². The average molecular weight is 254 g/mol. The van der Waals surface area contributed by atoms with Crippen molar-refractivity contribution in [3.8, 4) is 0 Å². The third kappa shape index (κ3) is 2.18. The highest BCUT2D eigenvalue weighted by Crippen LogP contribution is 2.26. The lowest BCUT2D eigenvalue weighted by Gasteiger charge is -2.30. The molecule has 1 aliphatic rings. The van der Waals surface area contributed by atoms with E-state index in [1.54, 1.807) is 0 Å². The molecule has 0 aliphatic heterocycles. The molecule has 2 heteroatoms. The molecule has 1 fully saturated rings. The van der Waals surface area contributed by atoms with Gasteiger partial charge in [0, 0.05) is 16.6 Å². The summed E-state index contributed by atoms with van der Waals surface area (Å²) in [6, 6.07) is 9.64. The van der Waals surface area contributed by atoms with Gasteiger partial charge in [0.1, 0.15) is 0 Å². The molecule has 14 heavy (non-hydrogen) atoms. The van der Waals surface area contributed by atoms with Crippen molar-refractivity contribution in [2.24, 2.45) is 0 Å². The van der Waals surface area contributed by atoms with Gasteiger partial charge in [-0.05, 0) is 31.4 Å². The molecule has 1 aromatic rings. The fourth-order valence-corrected chi connectivity index (χ4v) is 2.47. The van der Waals surface area contributed by atoms with Crippen molar-refractivity contribution in [3.05, 3.63) is 34.3 Å². The van der Waals surface area contributed by atoms with Crippen LogP contribution >= 0.6 is 15.9 Å². The Kier molecular flexibility index (Phi) is 3.24. The van der Waals surface area contributed by atoms with Crippen LogP contribution in [0.15, 0.2) is 28.7 Å². The summed E-state index contributed by atoms with van der Waals surface area (Å²) in [6.45, 7) is 2.23. The molecule has 2 rings (SSSR count). The van der Waals surface area contributed by atoms with Gasteiger partial charge in [0.15, 0.2) is 0 Å². The number of halogens is 1. The van der Waals surface area contributed by atoms with Gasteiger partial charge in [0.05, 0.1) is 0 Å². The minimum absolute atomic E-state index is 0.455. The molecular formula is C12H16BrN. The minimum atomic E-state index is 0.455. The van der Waals surface area contributed by atoms with E-state index in [0.717, 1.165) is 6.04 Å². The highest BCUT2D eigenvalue weighted by atomic mass is 79.9. The Labute approximate surface area is 94.0 Å². The van der Waals surface area contributed by atoms with E-state index in [-0.39, 0.29) is 0 Å². The number of benzene rings is 1. The zero-order valence-electron chi connectivity index (χ0n) is 8.46. The smallest absolute Gasteiger partial charge is 0.0305 e. The van der Waals surface area contributed by atoms with E-state index in [1.165, 1.54) is 29.3 Å². The Morgan fingerprint density at radius 1 is 1.36 bits per heavy atom. The molecule has 1 aromatic carbocycles.